The molecule has 2 rings (SSSR count). The summed E-state index contributed by atoms with van der Waals surface area (Å²) in [6.45, 7) is 12.1. The third-order valence-corrected chi connectivity index (χ3v) is 3.35. The first-order valence-corrected chi connectivity index (χ1v) is 7.22. The Bertz CT molecular complexity index is 362. The summed E-state index contributed by atoms with van der Waals surface area (Å²) in [7, 11) is 0. The molecule has 0 aliphatic carbocycles. The summed E-state index contributed by atoms with van der Waals surface area (Å²) in [5.74, 6) is 1.83. The van der Waals surface area contributed by atoms with Crippen LogP contribution in [0.5, 0.6) is 0 Å². The number of rotatable bonds is 4. The molecule has 1 aromatic heterocycles. The van der Waals surface area contributed by atoms with Crippen LogP contribution in [0.4, 0.5) is 5.95 Å². The molecule has 0 saturated carbocycles. The maximum Gasteiger partial charge on any atom is 0.205 e. The maximum atomic E-state index is 4.81. The average Bonchev–Trinajstić information content (AvgIpc) is 2.57. The number of aromatic nitrogens is 2. The molecule has 1 aliphatic rings. The van der Waals surface area contributed by atoms with E-state index in [4.69, 9.17) is 4.98 Å². The van der Waals surface area contributed by atoms with Crippen LogP contribution < -0.4 is 10.2 Å². The lowest BCUT2D eigenvalue weighted by Crippen LogP contribution is -2.30. The molecule has 0 bridgehead atoms. The summed E-state index contributed by atoms with van der Waals surface area (Å²) in [5.41, 5.74) is 1.21. The minimum atomic E-state index is 0.660. The standard InChI is InChI=1S/C14H26N4/c1-4-13-11-18(10-12(2)3)14(16-13)17-8-5-6-15-7-9-17/h11-12,15H,4-10H2,1-3H3. The van der Waals surface area contributed by atoms with Crippen molar-refractivity contribution in [3.05, 3.63) is 11.9 Å². The lowest BCUT2D eigenvalue weighted by atomic mass is 10.2. The molecule has 4 heteroatoms. The number of nitrogens with one attached hydrogen (secondary N) is 1. The zero-order valence-corrected chi connectivity index (χ0v) is 11.9. The molecule has 2 heterocycles. The van der Waals surface area contributed by atoms with Crippen molar-refractivity contribution in [3.63, 3.8) is 0 Å². The molecular weight excluding hydrogens is 224 g/mol. The highest BCUT2D eigenvalue weighted by atomic mass is 15.3. The highest BCUT2D eigenvalue weighted by Gasteiger charge is 2.16. The van der Waals surface area contributed by atoms with Crippen molar-refractivity contribution in [2.45, 2.75) is 40.2 Å². The summed E-state index contributed by atoms with van der Waals surface area (Å²) >= 11 is 0. The van der Waals surface area contributed by atoms with E-state index in [2.05, 4.69) is 41.8 Å². The number of nitrogens with zero attached hydrogens (tertiary/aromatic N) is 3. The van der Waals surface area contributed by atoms with E-state index >= 15 is 0 Å². The smallest absolute Gasteiger partial charge is 0.205 e. The van der Waals surface area contributed by atoms with Crippen LogP contribution in [-0.2, 0) is 13.0 Å². The molecule has 1 fully saturated rings. The summed E-state index contributed by atoms with van der Waals surface area (Å²) < 4.78 is 2.34. The van der Waals surface area contributed by atoms with E-state index in [9.17, 15) is 0 Å². The summed E-state index contributed by atoms with van der Waals surface area (Å²) in [6, 6.07) is 0. The Morgan fingerprint density at radius 1 is 1.33 bits per heavy atom. The first-order chi connectivity index (χ1) is 8.70. The van der Waals surface area contributed by atoms with Gasteiger partial charge < -0.3 is 14.8 Å². The van der Waals surface area contributed by atoms with Gasteiger partial charge in [-0.25, -0.2) is 4.98 Å². The SMILES string of the molecule is CCc1cn(CC(C)C)c(N2CCCNCC2)n1. The molecule has 0 radical (unpaired) electrons. The molecule has 1 aliphatic heterocycles. The first kappa shape index (κ1) is 13.4. The van der Waals surface area contributed by atoms with E-state index in [1.807, 2.05) is 0 Å². The fourth-order valence-electron chi connectivity index (χ4n) is 2.46. The zero-order valence-electron chi connectivity index (χ0n) is 11.9. The molecule has 4 nitrogen and oxygen atoms in total. The van der Waals surface area contributed by atoms with Crippen LogP contribution in [0, 0.1) is 5.92 Å². The Hall–Kier alpha value is -1.03. The van der Waals surface area contributed by atoms with Crippen molar-refractivity contribution in [3.8, 4) is 0 Å². The normalized spacial score (nSPS) is 17.2. The quantitative estimate of drug-likeness (QED) is 0.886. The lowest BCUT2D eigenvalue weighted by molar-refractivity contribution is 0.518. The third-order valence-electron chi connectivity index (χ3n) is 3.35. The van der Waals surface area contributed by atoms with Crippen LogP contribution in [0.1, 0.15) is 32.9 Å². The number of hydrogen-bond donors (Lipinski definition) is 1. The van der Waals surface area contributed by atoms with Gasteiger partial charge in [0.15, 0.2) is 0 Å². The second kappa shape index (κ2) is 6.23. The van der Waals surface area contributed by atoms with Crippen LogP contribution in [-0.4, -0.2) is 35.7 Å². The average molecular weight is 250 g/mol. The monoisotopic (exact) mass is 250 g/mol. The van der Waals surface area contributed by atoms with Crippen LogP contribution in [0.2, 0.25) is 0 Å². The van der Waals surface area contributed by atoms with Crippen molar-refractivity contribution in [1.29, 1.82) is 0 Å². The number of anilines is 1. The molecule has 0 spiro atoms. The fourth-order valence-corrected chi connectivity index (χ4v) is 2.46. The Morgan fingerprint density at radius 2 is 2.17 bits per heavy atom. The molecule has 18 heavy (non-hydrogen) atoms. The van der Waals surface area contributed by atoms with E-state index < -0.39 is 0 Å². The highest BCUT2D eigenvalue weighted by molar-refractivity contribution is 5.34. The van der Waals surface area contributed by atoms with Gasteiger partial charge >= 0.3 is 0 Å². The summed E-state index contributed by atoms with van der Waals surface area (Å²) in [5, 5.41) is 3.45. The molecule has 1 N–H and O–H groups in total. The minimum Gasteiger partial charge on any atom is -0.341 e. The second-order valence-electron chi connectivity index (χ2n) is 5.52. The number of imidazole rings is 1. The predicted molar refractivity (Wildman–Crippen MR) is 76.1 cm³/mol. The van der Waals surface area contributed by atoms with Crippen LogP contribution in [0.15, 0.2) is 6.20 Å². The molecule has 1 saturated heterocycles. The Kier molecular flexibility index (Phi) is 4.64. The summed E-state index contributed by atoms with van der Waals surface area (Å²) in [4.78, 5) is 7.24. The Labute approximate surface area is 110 Å². The van der Waals surface area contributed by atoms with Gasteiger partial charge in [-0.15, -0.1) is 0 Å². The van der Waals surface area contributed by atoms with Crippen molar-refractivity contribution >= 4 is 5.95 Å². The van der Waals surface area contributed by atoms with E-state index in [0.717, 1.165) is 39.1 Å². The van der Waals surface area contributed by atoms with Crippen LogP contribution >= 0.6 is 0 Å². The highest BCUT2D eigenvalue weighted by Crippen LogP contribution is 2.17. The van der Waals surface area contributed by atoms with Gasteiger partial charge in [0.25, 0.3) is 0 Å². The van der Waals surface area contributed by atoms with E-state index in [1.165, 1.54) is 18.1 Å². The minimum absolute atomic E-state index is 0.660. The third kappa shape index (κ3) is 3.25. The van der Waals surface area contributed by atoms with Gasteiger partial charge in [-0.2, -0.15) is 0 Å². The Morgan fingerprint density at radius 3 is 2.89 bits per heavy atom. The molecule has 0 atom stereocenters. The second-order valence-corrected chi connectivity index (χ2v) is 5.52. The van der Waals surface area contributed by atoms with Gasteiger partial charge in [0.1, 0.15) is 0 Å². The number of hydrogen-bond acceptors (Lipinski definition) is 3. The number of aryl methyl sites for hydroxylation is 1. The van der Waals surface area contributed by atoms with Gasteiger partial charge in [0.2, 0.25) is 5.95 Å². The van der Waals surface area contributed by atoms with Crippen LogP contribution in [0.25, 0.3) is 0 Å². The first-order valence-electron chi connectivity index (χ1n) is 7.22. The largest absolute Gasteiger partial charge is 0.341 e. The van der Waals surface area contributed by atoms with Crippen LogP contribution in [0.3, 0.4) is 0 Å². The van der Waals surface area contributed by atoms with Crippen molar-refractivity contribution in [2.75, 3.05) is 31.1 Å². The molecule has 0 unspecified atom stereocenters. The molecule has 102 valence electrons. The van der Waals surface area contributed by atoms with E-state index in [1.54, 1.807) is 0 Å². The lowest BCUT2D eigenvalue weighted by Gasteiger charge is -2.22. The van der Waals surface area contributed by atoms with E-state index in [-0.39, 0.29) is 0 Å². The van der Waals surface area contributed by atoms with Gasteiger partial charge in [0, 0.05) is 32.4 Å². The van der Waals surface area contributed by atoms with Gasteiger partial charge in [0.05, 0.1) is 5.69 Å². The molecule has 0 aromatic carbocycles. The van der Waals surface area contributed by atoms with Crippen molar-refractivity contribution in [1.82, 2.24) is 14.9 Å². The molecule has 1 aromatic rings. The molecular formula is C14H26N4. The van der Waals surface area contributed by atoms with Gasteiger partial charge in [-0.1, -0.05) is 20.8 Å². The molecule has 0 amide bonds. The van der Waals surface area contributed by atoms with E-state index in [0.29, 0.717) is 5.92 Å². The topological polar surface area (TPSA) is 33.1 Å². The predicted octanol–water partition coefficient (Wildman–Crippen LogP) is 1.90. The van der Waals surface area contributed by atoms with Crippen molar-refractivity contribution in [2.24, 2.45) is 5.92 Å². The summed E-state index contributed by atoms with van der Waals surface area (Å²) in [6.07, 6.45) is 4.45. The fraction of sp³-hybridized carbons (Fsp3) is 0.786. The maximum absolute atomic E-state index is 4.81. The van der Waals surface area contributed by atoms with Gasteiger partial charge in [-0.05, 0) is 25.3 Å². The van der Waals surface area contributed by atoms with Crippen molar-refractivity contribution < 1.29 is 0 Å². The Balaban J connectivity index is 2.20. The van der Waals surface area contributed by atoms with Gasteiger partial charge in [-0.3, -0.25) is 0 Å². The zero-order chi connectivity index (χ0) is 13.0.